The maximum Gasteiger partial charge on any atom is 0.0784 e. The van der Waals surface area contributed by atoms with E-state index in [0.29, 0.717) is 6.42 Å². The molecule has 0 aromatic carbocycles. The van der Waals surface area contributed by atoms with Crippen LogP contribution in [0.4, 0.5) is 0 Å². The Hall–Kier alpha value is -0.190. The zero-order valence-electron chi connectivity index (χ0n) is 3.89. The van der Waals surface area contributed by atoms with Crippen LogP contribution in [0.15, 0.2) is 0 Å². The fourth-order valence-electron chi connectivity index (χ4n) is 0.191. The van der Waals surface area contributed by atoms with Crippen molar-refractivity contribution in [2.45, 2.75) is 12.5 Å². The number of halogens is 1. The van der Waals surface area contributed by atoms with Crippen LogP contribution in [0, 0.1) is 12.3 Å². The van der Waals surface area contributed by atoms with Gasteiger partial charge in [0.05, 0.1) is 6.10 Å². The molecule has 40 valence electrons. The largest absolute Gasteiger partial charge is 0.391 e. The molecular formula is C5H7ClO. The van der Waals surface area contributed by atoms with Crippen LogP contribution in [0.25, 0.3) is 0 Å². The minimum Gasteiger partial charge on any atom is -0.391 e. The van der Waals surface area contributed by atoms with E-state index >= 15 is 0 Å². The topological polar surface area (TPSA) is 20.2 Å². The molecule has 0 heterocycles. The highest BCUT2D eigenvalue weighted by molar-refractivity contribution is 6.18. The van der Waals surface area contributed by atoms with E-state index in [9.17, 15) is 0 Å². The predicted octanol–water partition coefficient (Wildman–Crippen LogP) is 0.609. The molecule has 0 spiro atoms. The van der Waals surface area contributed by atoms with Gasteiger partial charge in [0.15, 0.2) is 0 Å². The molecule has 0 fully saturated rings. The molecule has 0 aliphatic rings. The van der Waals surface area contributed by atoms with Crippen molar-refractivity contribution in [2.24, 2.45) is 0 Å². The van der Waals surface area contributed by atoms with Gasteiger partial charge in [-0.05, 0) is 0 Å². The first kappa shape index (κ1) is 6.81. The Morgan fingerprint density at radius 1 is 1.86 bits per heavy atom. The van der Waals surface area contributed by atoms with E-state index in [1.807, 2.05) is 0 Å². The van der Waals surface area contributed by atoms with Crippen molar-refractivity contribution >= 4 is 11.6 Å². The molecule has 0 bridgehead atoms. The van der Waals surface area contributed by atoms with E-state index in [4.69, 9.17) is 23.1 Å². The van der Waals surface area contributed by atoms with E-state index in [2.05, 4.69) is 5.92 Å². The molecule has 0 saturated heterocycles. The molecular weight excluding hydrogens is 112 g/mol. The van der Waals surface area contributed by atoms with Gasteiger partial charge in [-0.15, -0.1) is 23.9 Å². The molecule has 0 rings (SSSR count). The van der Waals surface area contributed by atoms with Gasteiger partial charge in [0.25, 0.3) is 0 Å². The average Bonchev–Trinajstić information content (AvgIpc) is 1.68. The second kappa shape index (κ2) is 3.98. The Morgan fingerprint density at radius 2 is 2.43 bits per heavy atom. The summed E-state index contributed by atoms with van der Waals surface area (Å²) in [6.07, 6.45) is 4.67. The summed E-state index contributed by atoms with van der Waals surface area (Å²) in [5.74, 6) is 2.51. The van der Waals surface area contributed by atoms with E-state index < -0.39 is 6.10 Å². The molecule has 0 aliphatic heterocycles. The van der Waals surface area contributed by atoms with Crippen molar-refractivity contribution in [3.05, 3.63) is 0 Å². The lowest BCUT2D eigenvalue weighted by Gasteiger charge is -1.96. The number of terminal acetylenes is 1. The lowest BCUT2D eigenvalue weighted by atomic mass is 10.3. The molecule has 0 aromatic heterocycles. The second-order valence-corrected chi connectivity index (χ2v) is 1.52. The summed E-state index contributed by atoms with van der Waals surface area (Å²) in [6.45, 7) is 0. The molecule has 1 atom stereocenters. The molecule has 7 heavy (non-hydrogen) atoms. The first-order valence-corrected chi connectivity index (χ1v) is 2.52. The maximum absolute atomic E-state index is 8.58. The predicted molar refractivity (Wildman–Crippen MR) is 30.2 cm³/mol. The molecule has 0 amide bonds. The maximum atomic E-state index is 8.58. The van der Waals surface area contributed by atoms with Crippen LogP contribution in [0.2, 0.25) is 0 Å². The Labute approximate surface area is 48.3 Å². The van der Waals surface area contributed by atoms with Crippen molar-refractivity contribution in [1.29, 1.82) is 0 Å². The van der Waals surface area contributed by atoms with Gasteiger partial charge < -0.3 is 5.11 Å². The summed E-state index contributed by atoms with van der Waals surface area (Å²) < 4.78 is 0. The van der Waals surface area contributed by atoms with Gasteiger partial charge >= 0.3 is 0 Å². The second-order valence-electron chi connectivity index (χ2n) is 1.22. The van der Waals surface area contributed by atoms with Crippen LogP contribution in [0.5, 0.6) is 0 Å². The number of hydrogen-bond acceptors (Lipinski definition) is 1. The summed E-state index contributed by atoms with van der Waals surface area (Å²) in [5.41, 5.74) is 0. The molecule has 0 radical (unpaired) electrons. The number of aliphatic hydroxyl groups is 1. The molecule has 0 aliphatic carbocycles. The molecule has 0 unspecified atom stereocenters. The van der Waals surface area contributed by atoms with Crippen molar-refractivity contribution in [3.63, 3.8) is 0 Å². The van der Waals surface area contributed by atoms with Crippen LogP contribution in [0.3, 0.4) is 0 Å². The third kappa shape index (κ3) is 3.65. The molecule has 0 saturated carbocycles. The Kier molecular flexibility index (Phi) is 3.87. The van der Waals surface area contributed by atoms with Gasteiger partial charge in [-0.2, -0.15) is 0 Å². The third-order valence-electron chi connectivity index (χ3n) is 0.532. The van der Waals surface area contributed by atoms with E-state index in [-0.39, 0.29) is 5.88 Å². The smallest absolute Gasteiger partial charge is 0.0784 e. The highest BCUT2D eigenvalue weighted by Crippen LogP contribution is 1.90. The number of aliphatic hydroxyl groups excluding tert-OH is 1. The van der Waals surface area contributed by atoms with Crippen molar-refractivity contribution in [2.75, 3.05) is 5.88 Å². The minimum atomic E-state index is -0.522. The molecule has 1 N–H and O–H groups in total. The van der Waals surface area contributed by atoms with Gasteiger partial charge in [0.2, 0.25) is 0 Å². The number of alkyl halides is 1. The third-order valence-corrected chi connectivity index (χ3v) is 0.888. The highest BCUT2D eigenvalue weighted by atomic mass is 35.5. The van der Waals surface area contributed by atoms with Crippen molar-refractivity contribution in [1.82, 2.24) is 0 Å². The molecule has 1 nitrogen and oxygen atoms in total. The summed E-state index contributed by atoms with van der Waals surface area (Å²) in [5, 5.41) is 8.58. The zero-order chi connectivity index (χ0) is 5.70. The lowest BCUT2D eigenvalue weighted by molar-refractivity contribution is 0.204. The molecule has 2 heteroatoms. The lowest BCUT2D eigenvalue weighted by Crippen LogP contribution is -2.05. The van der Waals surface area contributed by atoms with Crippen molar-refractivity contribution < 1.29 is 5.11 Å². The monoisotopic (exact) mass is 118 g/mol. The Morgan fingerprint density at radius 3 is 2.57 bits per heavy atom. The van der Waals surface area contributed by atoms with Crippen molar-refractivity contribution in [3.8, 4) is 12.3 Å². The van der Waals surface area contributed by atoms with Gasteiger partial charge in [-0.1, -0.05) is 0 Å². The van der Waals surface area contributed by atoms with E-state index in [0.717, 1.165) is 0 Å². The van der Waals surface area contributed by atoms with Gasteiger partial charge in [-0.25, -0.2) is 0 Å². The standard InChI is InChI=1S/C5H7ClO/c1-2-3-5(7)4-6/h1,5,7H,3-4H2/t5-/m1/s1. The minimum absolute atomic E-state index is 0.226. The van der Waals surface area contributed by atoms with Crippen LogP contribution in [-0.2, 0) is 0 Å². The van der Waals surface area contributed by atoms with Crippen LogP contribution in [0.1, 0.15) is 6.42 Å². The van der Waals surface area contributed by atoms with Crippen LogP contribution >= 0.6 is 11.6 Å². The Balaban J connectivity index is 3.03. The number of rotatable bonds is 2. The fraction of sp³-hybridized carbons (Fsp3) is 0.600. The van der Waals surface area contributed by atoms with Gasteiger partial charge in [-0.3, -0.25) is 0 Å². The van der Waals surface area contributed by atoms with E-state index in [1.165, 1.54) is 0 Å². The summed E-state index contributed by atoms with van der Waals surface area (Å²) in [4.78, 5) is 0. The summed E-state index contributed by atoms with van der Waals surface area (Å²) >= 11 is 5.19. The number of hydrogen-bond donors (Lipinski definition) is 1. The van der Waals surface area contributed by atoms with Gasteiger partial charge in [0, 0.05) is 12.3 Å². The van der Waals surface area contributed by atoms with E-state index in [1.54, 1.807) is 0 Å². The first-order chi connectivity index (χ1) is 3.31. The van der Waals surface area contributed by atoms with Gasteiger partial charge in [0.1, 0.15) is 0 Å². The molecule has 0 aromatic rings. The van der Waals surface area contributed by atoms with Crippen LogP contribution in [-0.4, -0.2) is 17.1 Å². The quantitative estimate of drug-likeness (QED) is 0.416. The van der Waals surface area contributed by atoms with Crippen LogP contribution < -0.4 is 0 Å². The SMILES string of the molecule is C#CC[C@@H](O)CCl. The summed E-state index contributed by atoms with van der Waals surface area (Å²) in [6, 6.07) is 0. The highest BCUT2D eigenvalue weighted by Gasteiger charge is 1.95. The average molecular weight is 119 g/mol. The normalized spacial score (nSPS) is 12.7. The Bertz CT molecular complexity index is 74.6. The first-order valence-electron chi connectivity index (χ1n) is 1.98. The summed E-state index contributed by atoms with van der Waals surface area (Å²) in [7, 11) is 0. The fourth-order valence-corrected chi connectivity index (χ4v) is 0.300. The zero-order valence-corrected chi connectivity index (χ0v) is 4.65.